The maximum absolute atomic E-state index is 10.4. The second-order valence-electron chi connectivity index (χ2n) is 8.49. The third-order valence-electron chi connectivity index (χ3n) is 7.01. The first-order valence-electron chi connectivity index (χ1n) is 8.24. The number of allylic oxidation sites excluding steroid dienone is 2. The molecule has 0 aromatic heterocycles. The van der Waals surface area contributed by atoms with Crippen molar-refractivity contribution < 1.29 is 9.84 Å². The highest BCUT2D eigenvalue weighted by Gasteiger charge is 2.61. The van der Waals surface area contributed by atoms with Crippen LogP contribution in [0.5, 0.6) is 0 Å². The summed E-state index contributed by atoms with van der Waals surface area (Å²) >= 11 is 0. The molecule has 0 bridgehead atoms. The van der Waals surface area contributed by atoms with Gasteiger partial charge in [0.15, 0.2) is 0 Å². The van der Waals surface area contributed by atoms with E-state index in [-0.39, 0.29) is 17.1 Å². The van der Waals surface area contributed by atoms with Gasteiger partial charge in [0.2, 0.25) is 0 Å². The van der Waals surface area contributed by atoms with Crippen LogP contribution in [-0.4, -0.2) is 16.8 Å². The van der Waals surface area contributed by atoms with Gasteiger partial charge in [-0.15, -0.1) is 0 Å². The SMILES string of the molecule is CC1=CC[C@H]2C(C)(CC[C@H]3C(C)(C)[C@@H](O)CC[C@]23C)O1. The molecular formula is C18H30O2. The highest BCUT2D eigenvalue weighted by molar-refractivity contribution is 5.15. The molecule has 2 aliphatic carbocycles. The Morgan fingerprint density at radius 2 is 1.80 bits per heavy atom. The summed E-state index contributed by atoms with van der Waals surface area (Å²) in [7, 11) is 0. The minimum atomic E-state index is -0.147. The largest absolute Gasteiger partial charge is 0.492 e. The van der Waals surface area contributed by atoms with Crippen LogP contribution in [0.1, 0.15) is 66.7 Å². The highest BCUT2D eigenvalue weighted by Crippen LogP contribution is 2.64. The third kappa shape index (κ3) is 1.80. The third-order valence-corrected chi connectivity index (χ3v) is 7.01. The molecule has 20 heavy (non-hydrogen) atoms. The van der Waals surface area contributed by atoms with E-state index in [1.165, 1.54) is 6.42 Å². The van der Waals surface area contributed by atoms with Crippen molar-refractivity contribution in [3.05, 3.63) is 11.8 Å². The molecular weight excluding hydrogens is 248 g/mol. The van der Waals surface area contributed by atoms with Gasteiger partial charge in [-0.25, -0.2) is 0 Å². The normalized spacial score (nSPS) is 50.5. The fourth-order valence-corrected chi connectivity index (χ4v) is 5.83. The monoisotopic (exact) mass is 278 g/mol. The first-order valence-corrected chi connectivity index (χ1v) is 8.24. The zero-order valence-electron chi connectivity index (χ0n) is 13.7. The van der Waals surface area contributed by atoms with Gasteiger partial charge in [0.05, 0.1) is 11.9 Å². The van der Waals surface area contributed by atoms with Crippen LogP contribution in [0.2, 0.25) is 0 Å². The molecule has 0 amide bonds. The number of ether oxygens (including phenoxy) is 1. The summed E-state index contributed by atoms with van der Waals surface area (Å²) in [5.41, 5.74) is 0.333. The van der Waals surface area contributed by atoms with E-state index in [4.69, 9.17) is 4.74 Å². The molecule has 0 spiro atoms. The second-order valence-corrected chi connectivity index (χ2v) is 8.49. The maximum atomic E-state index is 10.4. The maximum Gasteiger partial charge on any atom is 0.109 e. The van der Waals surface area contributed by atoms with E-state index in [1.807, 2.05) is 0 Å². The molecule has 0 saturated heterocycles. The molecule has 2 nitrogen and oxygen atoms in total. The number of aliphatic hydroxyl groups excluding tert-OH is 1. The van der Waals surface area contributed by atoms with Gasteiger partial charge >= 0.3 is 0 Å². The van der Waals surface area contributed by atoms with Gasteiger partial charge in [0.1, 0.15) is 5.60 Å². The lowest BCUT2D eigenvalue weighted by molar-refractivity contribution is -0.204. The predicted octanol–water partition coefficient (Wildman–Crippen LogP) is 4.28. The number of hydrogen-bond acceptors (Lipinski definition) is 2. The van der Waals surface area contributed by atoms with Crippen molar-refractivity contribution in [3.8, 4) is 0 Å². The lowest BCUT2D eigenvalue weighted by Crippen LogP contribution is -2.61. The molecule has 2 saturated carbocycles. The van der Waals surface area contributed by atoms with Gasteiger partial charge in [-0.1, -0.05) is 20.8 Å². The Morgan fingerprint density at radius 3 is 2.50 bits per heavy atom. The average molecular weight is 278 g/mol. The molecule has 3 rings (SSSR count). The molecule has 2 heteroatoms. The van der Waals surface area contributed by atoms with E-state index in [0.29, 0.717) is 17.3 Å². The van der Waals surface area contributed by atoms with Crippen molar-refractivity contribution in [2.45, 2.75) is 78.4 Å². The Bertz CT molecular complexity index is 439. The second kappa shape index (κ2) is 4.25. The van der Waals surface area contributed by atoms with Crippen LogP contribution >= 0.6 is 0 Å². The Morgan fingerprint density at radius 1 is 1.10 bits per heavy atom. The van der Waals surface area contributed by atoms with Crippen LogP contribution in [0.25, 0.3) is 0 Å². The zero-order chi connectivity index (χ0) is 14.8. The van der Waals surface area contributed by atoms with E-state index in [0.717, 1.165) is 31.4 Å². The number of aliphatic hydroxyl groups is 1. The molecule has 1 unspecified atom stereocenters. The van der Waals surface area contributed by atoms with Gasteiger partial charge in [-0.05, 0) is 68.8 Å². The standard InChI is InChI=1S/C18H30O2/c1-12-6-7-14-17(4)10-9-15(19)16(2,3)13(17)8-11-18(14,5)20-12/h6,13-15,19H,7-11H2,1-5H3/t13-,14+,15-,17-,18?/m0/s1. The number of fused-ring (bicyclic) bond motifs is 3. The molecule has 1 N–H and O–H groups in total. The molecule has 3 aliphatic rings. The lowest BCUT2D eigenvalue weighted by Gasteiger charge is -2.63. The van der Waals surface area contributed by atoms with Gasteiger partial charge in [0.25, 0.3) is 0 Å². The van der Waals surface area contributed by atoms with Gasteiger partial charge < -0.3 is 9.84 Å². The van der Waals surface area contributed by atoms with Crippen LogP contribution in [0, 0.1) is 22.7 Å². The van der Waals surface area contributed by atoms with Crippen molar-refractivity contribution in [1.82, 2.24) is 0 Å². The Kier molecular flexibility index (Phi) is 3.07. The van der Waals surface area contributed by atoms with Crippen LogP contribution in [0.3, 0.4) is 0 Å². The quantitative estimate of drug-likeness (QED) is 0.716. The van der Waals surface area contributed by atoms with Crippen molar-refractivity contribution in [2.24, 2.45) is 22.7 Å². The van der Waals surface area contributed by atoms with E-state index in [1.54, 1.807) is 0 Å². The van der Waals surface area contributed by atoms with E-state index in [2.05, 4.69) is 40.7 Å². The topological polar surface area (TPSA) is 29.5 Å². The van der Waals surface area contributed by atoms with E-state index < -0.39 is 0 Å². The fraction of sp³-hybridized carbons (Fsp3) is 0.889. The van der Waals surface area contributed by atoms with Crippen molar-refractivity contribution in [3.63, 3.8) is 0 Å². The van der Waals surface area contributed by atoms with Crippen LogP contribution in [0.15, 0.2) is 11.8 Å². The molecule has 0 radical (unpaired) electrons. The lowest BCUT2D eigenvalue weighted by atomic mass is 9.44. The summed E-state index contributed by atoms with van der Waals surface area (Å²) in [5.74, 6) is 2.29. The summed E-state index contributed by atoms with van der Waals surface area (Å²) in [6.07, 6.45) is 7.65. The van der Waals surface area contributed by atoms with Crippen LogP contribution < -0.4 is 0 Å². The van der Waals surface area contributed by atoms with Crippen molar-refractivity contribution >= 4 is 0 Å². The minimum Gasteiger partial charge on any atom is -0.492 e. The summed E-state index contributed by atoms with van der Waals surface area (Å²) in [4.78, 5) is 0. The van der Waals surface area contributed by atoms with Gasteiger partial charge in [-0.3, -0.25) is 0 Å². The Balaban J connectivity index is 2.00. The highest BCUT2D eigenvalue weighted by atomic mass is 16.5. The molecule has 0 aromatic carbocycles. The first kappa shape index (κ1) is 14.4. The Labute approximate surface area is 123 Å². The van der Waals surface area contributed by atoms with Crippen LogP contribution in [0.4, 0.5) is 0 Å². The summed E-state index contributed by atoms with van der Waals surface area (Å²) in [6.45, 7) is 11.4. The predicted molar refractivity (Wildman–Crippen MR) is 81.2 cm³/mol. The molecule has 1 heterocycles. The van der Waals surface area contributed by atoms with Gasteiger partial charge in [-0.2, -0.15) is 0 Å². The molecule has 114 valence electrons. The fourth-order valence-electron chi connectivity index (χ4n) is 5.83. The van der Waals surface area contributed by atoms with E-state index >= 15 is 0 Å². The summed E-state index contributed by atoms with van der Waals surface area (Å²) < 4.78 is 6.29. The average Bonchev–Trinajstić information content (AvgIpc) is 2.33. The molecule has 0 aromatic rings. The number of hydrogen-bond donors (Lipinski definition) is 1. The molecule has 2 fully saturated rings. The molecule has 5 atom stereocenters. The van der Waals surface area contributed by atoms with Crippen molar-refractivity contribution in [1.29, 1.82) is 0 Å². The Hall–Kier alpha value is -0.500. The zero-order valence-corrected chi connectivity index (χ0v) is 13.7. The summed E-state index contributed by atoms with van der Waals surface area (Å²) in [6, 6.07) is 0. The van der Waals surface area contributed by atoms with Crippen molar-refractivity contribution in [2.75, 3.05) is 0 Å². The molecule has 1 aliphatic heterocycles. The van der Waals surface area contributed by atoms with Gasteiger partial charge in [0, 0.05) is 5.92 Å². The van der Waals surface area contributed by atoms with Crippen LogP contribution in [-0.2, 0) is 4.74 Å². The summed E-state index contributed by atoms with van der Waals surface area (Å²) in [5, 5.41) is 10.4. The first-order chi connectivity index (χ1) is 9.20. The number of rotatable bonds is 0. The minimum absolute atomic E-state index is 0.00244. The van der Waals surface area contributed by atoms with E-state index in [9.17, 15) is 5.11 Å². The smallest absolute Gasteiger partial charge is 0.109 e.